The van der Waals surface area contributed by atoms with Gasteiger partial charge in [-0.2, -0.15) is 0 Å². The van der Waals surface area contributed by atoms with Crippen molar-refractivity contribution in [2.24, 2.45) is 11.8 Å². The lowest BCUT2D eigenvalue weighted by molar-refractivity contribution is -0.157. The first-order valence-corrected chi connectivity index (χ1v) is 3.95. The predicted molar refractivity (Wildman–Crippen MR) is 40.5 cm³/mol. The van der Waals surface area contributed by atoms with Crippen molar-refractivity contribution in [3.8, 4) is 0 Å². The summed E-state index contributed by atoms with van der Waals surface area (Å²) in [6.45, 7) is 3.77. The van der Waals surface area contributed by atoms with Gasteiger partial charge in [0, 0.05) is 6.42 Å². The van der Waals surface area contributed by atoms with Crippen LogP contribution >= 0.6 is 0 Å². The van der Waals surface area contributed by atoms with Gasteiger partial charge in [0.15, 0.2) is 6.10 Å². The van der Waals surface area contributed by atoms with Crippen LogP contribution in [0.1, 0.15) is 20.3 Å². The molecule has 68 valence electrons. The van der Waals surface area contributed by atoms with Gasteiger partial charge < -0.3 is 9.84 Å². The van der Waals surface area contributed by atoms with Gasteiger partial charge in [-0.1, -0.05) is 13.8 Å². The summed E-state index contributed by atoms with van der Waals surface area (Å²) >= 11 is 0. The molecule has 0 bridgehead atoms. The van der Waals surface area contributed by atoms with Crippen LogP contribution in [-0.4, -0.2) is 23.1 Å². The minimum absolute atomic E-state index is 0.154. The number of cyclic esters (lactones) is 1. The molecule has 1 heterocycles. The van der Waals surface area contributed by atoms with Crippen LogP contribution in [0.3, 0.4) is 0 Å². The normalized spacial score (nSPS) is 29.1. The molecule has 0 amide bonds. The molecular formula is C8H12O4. The maximum absolute atomic E-state index is 11.0. The zero-order valence-electron chi connectivity index (χ0n) is 7.11. The molecule has 0 saturated carbocycles. The highest BCUT2D eigenvalue weighted by molar-refractivity contribution is 5.83. The third-order valence-corrected chi connectivity index (χ3v) is 2.11. The molecule has 0 aromatic carbocycles. The summed E-state index contributed by atoms with van der Waals surface area (Å²) < 4.78 is 4.66. The van der Waals surface area contributed by atoms with E-state index in [4.69, 9.17) is 5.11 Å². The Morgan fingerprint density at radius 1 is 1.67 bits per heavy atom. The average Bonchev–Trinajstić information content (AvgIpc) is 2.30. The van der Waals surface area contributed by atoms with E-state index in [1.165, 1.54) is 0 Å². The van der Waals surface area contributed by atoms with Gasteiger partial charge in [-0.3, -0.25) is 4.79 Å². The van der Waals surface area contributed by atoms with Crippen LogP contribution in [0.4, 0.5) is 0 Å². The Bertz CT molecular complexity index is 209. The van der Waals surface area contributed by atoms with Crippen molar-refractivity contribution in [2.45, 2.75) is 26.4 Å². The molecule has 1 aliphatic heterocycles. The Kier molecular flexibility index (Phi) is 2.35. The van der Waals surface area contributed by atoms with Gasteiger partial charge in [0.05, 0.1) is 5.92 Å². The molecule has 2 atom stereocenters. The number of rotatable bonds is 2. The van der Waals surface area contributed by atoms with Crippen molar-refractivity contribution in [1.29, 1.82) is 0 Å². The second-order valence-corrected chi connectivity index (χ2v) is 3.35. The number of esters is 1. The zero-order chi connectivity index (χ0) is 9.30. The van der Waals surface area contributed by atoms with E-state index in [1.807, 2.05) is 13.8 Å². The number of ether oxygens (including phenoxy) is 1. The Morgan fingerprint density at radius 2 is 2.25 bits per heavy atom. The molecular weight excluding hydrogens is 160 g/mol. The second kappa shape index (κ2) is 3.13. The van der Waals surface area contributed by atoms with Gasteiger partial charge in [0.25, 0.3) is 0 Å². The largest absolute Gasteiger partial charge is 0.479 e. The highest BCUT2D eigenvalue weighted by Crippen LogP contribution is 2.27. The van der Waals surface area contributed by atoms with Gasteiger partial charge in [0.2, 0.25) is 0 Å². The average molecular weight is 172 g/mol. The van der Waals surface area contributed by atoms with E-state index in [0.29, 0.717) is 6.42 Å². The fourth-order valence-electron chi connectivity index (χ4n) is 1.30. The SMILES string of the molecule is CC(C)[C@@H]1CC(C(=O)O)OC1=O. The molecule has 0 aromatic heterocycles. The van der Waals surface area contributed by atoms with E-state index in [1.54, 1.807) is 0 Å². The summed E-state index contributed by atoms with van der Waals surface area (Å²) in [5.41, 5.74) is 0. The molecule has 1 rings (SSSR count). The Hall–Kier alpha value is -1.06. The molecule has 0 aromatic rings. The van der Waals surface area contributed by atoms with Crippen LogP contribution in [-0.2, 0) is 14.3 Å². The Morgan fingerprint density at radius 3 is 2.50 bits per heavy atom. The minimum Gasteiger partial charge on any atom is -0.479 e. The van der Waals surface area contributed by atoms with Gasteiger partial charge in [-0.25, -0.2) is 4.79 Å². The lowest BCUT2D eigenvalue weighted by atomic mass is 9.93. The topological polar surface area (TPSA) is 63.6 Å². The molecule has 12 heavy (non-hydrogen) atoms. The van der Waals surface area contributed by atoms with Gasteiger partial charge in [-0.15, -0.1) is 0 Å². The molecule has 1 N–H and O–H groups in total. The smallest absolute Gasteiger partial charge is 0.345 e. The number of aliphatic carboxylic acids is 1. The second-order valence-electron chi connectivity index (χ2n) is 3.35. The quantitative estimate of drug-likeness (QED) is 0.621. The van der Waals surface area contributed by atoms with Crippen molar-refractivity contribution in [3.63, 3.8) is 0 Å². The highest BCUT2D eigenvalue weighted by Gasteiger charge is 2.39. The van der Waals surface area contributed by atoms with E-state index in [9.17, 15) is 9.59 Å². The molecule has 0 aliphatic carbocycles. The molecule has 1 fully saturated rings. The first kappa shape index (κ1) is 9.03. The van der Waals surface area contributed by atoms with Gasteiger partial charge in [-0.05, 0) is 5.92 Å². The monoisotopic (exact) mass is 172 g/mol. The molecule has 0 radical (unpaired) electrons. The summed E-state index contributed by atoms with van der Waals surface area (Å²) in [7, 11) is 0. The van der Waals surface area contributed by atoms with Crippen LogP contribution in [0, 0.1) is 11.8 Å². The summed E-state index contributed by atoms with van der Waals surface area (Å²) in [5.74, 6) is -1.52. The Labute approximate surface area is 70.5 Å². The summed E-state index contributed by atoms with van der Waals surface area (Å²) in [5, 5.41) is 8.55. The van der Waals surface area contributed by atoms with Gasteiger partial charge in [0.1, 0.15) is 0 Å². The molecule has 1 saturated heterocycles. The van der Waals surface area contributed by atoms with E-state index in [-0.39, 0.29) is 17.8 Å². The van der Waals surface area contributed by atoms with Crippen molar-refractivity contribution >= 4 is 11.9 Å². The maximum atomic E-state index is 11.0. The summed E-state index contributed by atoms with van der Waals surface area (Å²) in [6.07, 6.45) is -0.615. The number of carbonyl (C=O) groups excluding carboxylic acids is 1. The molecule has 0 spiro atoms. The standard InChI is InChI=1S/C8H12O4/c1-4(2)5-3-6(7(9)10)12-8(5)11/h4-6H,3H2,1-2H3,(H,9,10)/t5-,6?/m0/s1. The zero-order valence-corrected chi connectivity index (χ0v) is 7.11. The molecule has 4 nitrogen and oxygen atoms in total. The van der Waals surface area contributed by atoms with E-state index < -0.39 is 12.1 Å². The fraction of sp³-hybridized carbons (Fsp3) is 0.750. The van der Waals surface area contributed by atoms with Crippen molar-refractivity contribution < 1.29 is 19.4 Å². The number of hydrogen-bond acceptors (Lipinski definition) is 3. The molecule has 4 heteroatoms. The minimum atomic E-state index is -1.05. The lowest BCUT2D eigenvalue weighted by Gasteiger charge is -2.07. The highest BCUT2D eigenvalue weighted by atomic mass is 16.6. The fourth-order valence-corrected chi connectivity index (χ4v) is 1.30. The number of carbonyl (C=O) groups is 2. The van der Waals surface area contributed by atoms with Crippen LogP contribution in [0.25, 0.3) is 0 Å². The van der Waals surface area contributed by atoms with Crippen molar-refractivity contribution in [2.75, 3.05) is 0 Å². The number of hydrogen-bond donors (Lipinski definition) is 1. The number of carboxylic acid groups (broad SMARTS) is 1. The Balaban J connectivity index is 2.62. The third kappa shape index (κ3) is 1.57. The van der Waals surface area contributed by atoms with Crippen LogP contribution in [0.15, 0.2) is 0 Å². The summed E-state index contributed by atoms with van der Waals surface area (Å²) in [6, 6.07) is 0. The van der Waals surface area contributed by atoms with Crippen LogP contribution in [0.5, 0.6) is 0 Å². The maximum Gasteiger partial charge on any atom is 0.345 e. The molecule has 1 unspecified atom stereocenters. The number of carboxylic acids is 1. The van der Waals surface area contributed by atoms with Crippen LogP contribution in [0.2, 0.25) is 0 Å². The first-order chi connectivity index (χ1) is 5.52. The van der Waals surface area contributed by atoms with E-state index in [0.717, 1.165) is 0 Å². The first-order valence-electron chi connectivity index (χ1n) is 3.95. The van der Waals surface area contributed by atoms with Crippen molar-refractivity contribution in [3.05, 3.63) is 0 Å². The molecule has 1 aliphatic rings. The van der Waals surface area contributed by atoms with E-state index in [2.05, 4.69) is 4.74 Å². The third-order valence-electron chi connectivity index (χ3n) is 2.11. The summed E-state index contributed by atoms with van der Waals surface area (Å²) in [4.78, 5) is 21.5. The van der Waals surface area contributed by atoms with E-state index >= 15 is 0 Å². The lowest BCUT2D eigenvalue weighted by Crippen LogP contribution is -2.18. The predicted octanol–water partition coefficient (Wildman–Crippen LogP) is 0.659. The van der Waals surface area contributed by atoms with Crippen molar-refractivity contribution in [1.82, 2.24) is 0 Å². The van der Waals surface area contributed by atoms with Crippen LogP contribution < -0.4 is 0 Å². The van der Waals surface area contributed by atoms with Gasteiger partial charge >= 0.3 is 11.9 Å².